The molecule has 1 fully saturated rings. The zero-order chi connectivity index (χ0) is 18.8. The fourth-order valence-corrected chi connectivity index (χ4v) is 3.08. The van der Waals surface area contributed by atoms with Gasteiger partial charge in [-0.1, -0.05) is 43.7 Å². The van der Waals surface area contributed by atoms with Crippen LogP contribution in [0.3, 0.4) is 0 Å². The van der Waals surface area contributed by atoms with E-state index in [4.69, 9.17) is 9.47 Å². The van der Waals surface area contributed by atoms with Crippen molar-refractivity contribution < 1.29 is 14.6 Å². The summed E-state index contributed by atoms with van der Waals surface area (Å²) in [5.41, 5.74) is 2.56. The molecule has 0 amide bonds. The number of aliphatic hydroxyl groups is 1. The van der Waals surface area contributed by atoms with Crippen LogP contribution >= 0.6 is 0 Å². The van der Waals surface area contributed by atoms with Crippen molar-refractivity contribution in [2.45, 2.75) is 33.4 Å². The molecule has 148 valence electrons. The molecule has 0 unspecified atom stereocenters. The Morgan fingerprint density at radius 1 is 1.15 bits per heavy atom. The molecule has 0 aromatic heterocycles. The summed E-state index contributed by atoms with van der Waals surface area (Å²) in [4.78, 5) is 4.77. The third kappa shape index (κ3) is 8.60. The summed E-state index contributed by atoms with van der Waals surface area (Å²) >= 11 is 0. The lowest BCUT2D eigenvalue weighted by atomic mass is 10.1. The van der Waals surface area contributed by atoms with Crippen LogP contribution in [-0.4, -0.2) is 80.2 Å². The van der Waals surface area contributed by atoms with E-state index in [0.29, 0.717) is 25.7 Å². The molecular weight excluding hydrogens is 328 g/mol. The van der Waals surface area contributed by atoms with E-state index in [2.05, 4.69) is 54.8 Å². The summed E-state index contributed by atoms with van der Waals surface area (Å²) in [5.74, 6) is 0.493. The lowest BCUT2D eigenvalue weighted by Crippen LogP contribution is -2.43. The first-order valence-corrected chi connectivity index (χ1v) is 9.86. The summed E-state index contributed by atoms with van der Waals surface area (Å²) in [6.45, 7) is 14.5. The lowest BCUT2D eigenvalue weighted by molar-refractivity contribution is 0.000957. The van der Waals surface area contributed by atoms with E-state index in [1.54, 1.807) is 0 Å². The van der Waals surface area contributed by atoms with E-state index in [1.165, 1.54) is 11.1 Å². The van der Waals surface area contributed by atoms with Crippen molar-refractivity contribution in [2.24, 2.45) is 5.92 Å². The molecule has 0 bridgehead atoms. The molecule has 0 aliphatic carbocycles. The molecule has 0 saturated carbocycles. The molecule has 1 aliphatic heterocycles. The second kappa shape index (κ2) is 11.7. The van der Waals surface area contributed by atoms with Crippen LogP contribution in [-0.2, 0) is 16.0 Å². The average Bonchev–Trinajstić information content (AvgIpc) is 2.62. The van der Waals surface area contributed by atoms with Crippen LogP contribution in [0.2, 0.25) is 0 Å². The van der Waals surface area contributed by atoms with Gasteiger partial charge in [-0.3, -0.25) is 9.80 Å². The maximum absolute atomic E-state index is 10.4. The van der Waals surface area contributed by atoms with E-state index in [-0.39, 0.29) is 0 Å². The van der Waals surface area contributed by atoms with Crippen molar-refractivity contribution in [3.8, 4) is 0 Å². The zero-order valence-corrected chi connectivity index (χ0v) is 16.7. The van der Waals surface area contributed by atoms with Gasteiger partial charge >= 0.3 is 0 Å². The Bertz CT molecular complexity index is 487. The van der Waals surface area contributed by atoms with Gasteiger partial charge in [-0.25, -0.2) is 0 Å². The van der Waals surface area contributed by atoms with E-state index in [1.807, 2.05) is 0 Å². The summed E-state index contributed by atoms with van der Waals surface area (Å²) in [6, 6.07) is 8.66. The Morgan fingerprint density at radius 3 is 2.50 bits per heavy atom. The van der Waals surface area contributed by atoms with Gasteiger partial charge in [0.05, 0.1) is 25.9 Å². The van der Waals surface area contributed by atoms with Gasteiger partial charge in [-0.2, -0.15) is 0 Å². The van der Waals surface area contributed by atoms with Crippen LogP contribution in [0.5, 0.6) is 0 Å². The van der Waals surface area contributed by atoms with Crippen molar-refractivity contribution in [3.63, 3.8) is 0 Å². The molecule has 2 rings (SSSR count). The van der Waals surface area contributed by atoms with E-state index < -0.39 is 6.10 Å². The first-order chi connectivity index (χ1) is 12.5. The number of aliphatic hydroxyl groups excluding tert-OH is 1. The second-order valence-corrected chi connectivity index (χ2v) is 7.76. The van der Waals surface area contributed by atoms with Gasteiger partial charge in [-0.15, -0.1) is 0 Å². The van der Waals surface area contributed by atoms with E-state index >= 15 is 0 Å². The zero-order valence-electron chi connectivity index (χ0n) is 16.7. The van der Waals surface area contributed by atoms with Crippen LogP contribution in [0.1, 0.15) is 25.0 Å². The number of hydrogen-bond donors (Lipinski definition) is 1. The molecule has 5 nitrogen and oxygen atoms in total. The van der Waals surface area contributed by atoms with Gasteiger partial charge in [0.2, 0.25) is 0 Å². The van der Waals surface area contributed by atoms with Crippen molar-refractivity contribution in [3.05, 3.63) is 35.4 Å². The highest BCUT2D eigenvalue weighted by Crippen LogP contribution is 2.09. The summed E-state index contributed by atoms with van der Waals surface area (Å²) in [7, 11) is 0. The third-order valence-electron chi connectivity index (χ3n) is 4.59. The number of rotatable bonds is 11. The molecule has 1 heterocycles. The van der Waals surface area contributed by atoms with E-state index in [9.17, 15) is 5.11 Å². The number of ether oxygens (including phenoxy) is 2. The molecule has 1 atom stereocenters. The SMILES string of the molecule is Cc1ccc(CN(CCN2CCOCC2)C[C@@H](O)COCC(C)C)cc1. The Kier molecular flexibility index (Phi) is 9.57. The number of morpholine rings is 1. The lowest BCUT2D eigenvalue weighted by Gasteiger charge is -2.31. The fourth-order valence-electron chi connectivity index (χ4n) is 3.08. The Hall–Kier alpha value is -0.980. The molecule has 1 aromatic carbocycles. The van der Waals surface area contributed by atoms with Crippen molar-refractivity contribution in [2.75, 3.05) is 59.2 Å². The number of aryl methyl sites for hydroxylation is 1. The van der Waals surface area contributed by atoms with Crippen LogP contribution in [0.15, 0.2) is 24.3 Å². The normalized spacial score (nSPS) is 17.2. The molecule has 0 radical (unpaired) electrons. The molecule has 26 heavy (non-hydrogen) atoms. The quantitative estimate of drug-likeness (QED) is 0.652. The topological polar surface area (TPSA) is 45.2 Å². The maximum Gasteiger partial charge on any atom is 0.0900 e. The van der Waals surface area contributed by atoms with Crippen LogP contribution in [0, 0.1) is 12.8 Å². The predicted molar refractivity (Wildman–Crippen MR) is 105 cm³/mol. The largest absolute Gasteiger partial charge is 0.389 e. The minimum Gasteiger partial charge on any atom is -0.389 e. The molecule has 5 heteroatoms. The second-order valence-electron chi connectivity index (χ2n) is 7.76. The van der Waals surface area contributed by atoms with Crippen molar-refractivity contribution in [1.29, 1.82) is 0 Å². The Morgan fingerprint density at radius 2 is 1.85 bits per heavy atom. The van der Waals surface area contributed by atoms with Gasteiger partial charge in [0.25, 0.3) is 0 Å². The van der Waals surface area contributed by atoms with E-state index in [0.717, 1.165) is 45.9 Å². The summed E-state index contributed by atoms with van der Waals surface area (Å²) in [5, 5.41) is 10.4. The highest BCUT2D eigenvalue weighted by atomic mass is 16.5. The van der Waals surface area contributed by atoms with Gasteiger partial charge in [0.15, 0.2) is 0 Å². The number of hydrogen-bond acceptors (Lipinski definition) is 5. The molecule has 1 saturated heterocycles. The highest BCUT2D eigenvalue weighted by molar-refractivity contribution is 5.21. The standard InChI is InChI=1S/C21H36N2O3/c1-18(2)16-26-17-21(24)15-23(9-8-22-10-12-25-13-11-22)14-20-6-4-19(3)5-7-20/h4-7,18,21,24H,8-17H2,1-3H3/t21-/m1/s1. The smallest absolute Gasteiger partial charge is 0.0900 e. The van der Waals surface area contributed by atoms with Crippen LogP contribution < -0.4 is 0 Å². The van der Waals surface area contributed by atoms with Gasteiger partial charge in [0, 0.05) is 45.9 Å². The highest BCUT2D eigenvalue weighted by Gasteiger charge is 2.16. The Labute approximate surface area is 158 Å². The number of nitrogens with zero attached hydrogens (tertiary/aromatic N) is 2. The van der Waals surface area contributed by atoms with Gasteiger partial charge in [-0.05, 0) is 18.4 Å². The Balaban J connectivity index is 1.85. The number of benzene rings is 1. The minimum absolute atomic E-state index is 0.403. The van der Waals surface area contributed by atoms with Crippen molar-refractivity contribution >= 4 is 0 Å². The first kappa shape index (κ1) is 21.3. The fraction of sp³-hybridized carbons (Fsp3) is 0.714. The van der Waals surface area contributed by atoms with Gasteiger partial charge < -0.3 is 14.6 Å². The summed E-state index contributed by atoms with van der Waals surface area (Å²) < 4.78 is 11.0. The monoisotopic (exact) mass is 364 g/mol. The molecule has 1 aromatic rings. The third-order valence-corrected chi connectivity index (χ3v) is 4.59. The summed E-state index contributed by atoms with van der Waals surface area (Å²) in [6.07, 6.45) is -0.455. The average molecular weight is 365 g/mol. The molecular formula is C21H36N2O3. The van der Waals surface area contributed by atoms with Crippen LogP contribution in [0.25, 0.3) is 0 Å². The van der Waals surface area contributed by atoms with Gasteiger partial charge in [0.1, 0.15) is 0 Å². The first-order valence-electron chi connectivity index (χ1n) is 9.86. The predicted octanol–water partition coefficient (Wildman–Crippen LogP) is 2.16. The molecule has 1 N–H and O–H groups in total. The molecule has 1 aliphatic rings. The molecule has 0 spiro atoms. The van der Waals surface area contributed by atoms with Crippen molar-refractivity contribution in [1.82, 2.24) is 9.80 Å². The van der Waals surface area contributed by atoms with Crippen LogP contribution in [0.4, 0.5) is 0 Å². The minimum atomic E-state index is -0.455. The maximum atomic E-state index is 10.4.